The molecule has 1 amide bonds. The molecule has 0 atom stereocenters. The Bertz CT molecular complexity index is 261. The summed E-state index contributed by atoms with van der Waals surface area (Å²) in [6, 6.07) is 1.82. The number of hydrogen-bond donors (Lipinski definition) is 1. The third kappa shape index (κ3) is 2.62. The molecule has 0 aliphatic carbocycles. The summed E-state index contributed by atoms with van der Waals surface area (Å²) in [6.45, 7) is 5.87. The van der Waals surface area contributed by atoms with E-state index in [2.05, 4.69) is 18.8 Å². The Hall–Kier alpha value is -1.25. The summed E-state index contributed by atoms with van der Waals surface area (Å²) >= 11 is 0. The fourth-order valence-electron chi connectivity index (χ4n) is 1.49. The molecular weight excluding hydrogens is 176 g/mol. The highest BCUT2D eigenvalue weighted by atomic mass is 16.2. The summed E-state index contributed by atoms with van der Waals surface area (Å²) in [5.74, 6) is 0.134. The van der Waals surface area contributed by atoms with Gasteiger partial charge in [0.15, 0.2) is 0 Å². The number of rotatable bonds is 5. The third-order valence-electron chi connectivity index (χ3n) is 2.12. The Morgan fingerprint density at radius 2 is 2.00 bits per heavy atom. The molecule has 0 aliphatic heterocycles. The van der Waals surface area contributed by atoms with E-state index in [0.29, 0.717) is 0 Å². The normalized spacial score (nSPS) is 10.1. The molecule has 0 aliphatic rings. The van der Waals surface area contributed by atoms with Crippen LogP contribution in [-0.2, 0) is 0 Å². The lowest BCUT2D eigenvalue weighted by molar-refractivity contribution is 0.0756. The van der Waals surface area contributed by atoms with Crippen molar-refractivity contribution >= 4 is 5.91 Å². The summed E-state index contributed by atoms with van der Waals surface area (Å²) in [6.07, 6.45) is 5.55. The maximum absolute atomic E-state index is 11.9. The number of carbonyl (C=O) groups is 1. The zero-order valence-electron chi connectivity index (χ0n) is 8.92. The zero-order chi connectivity index (χ0) is 10.4. The van der Waals surface area contributed by atoms with Gasteiger partial charge in [0.2, 0.25) is 0 Å². The molecule has 3 nitrogen and oxygen atoms in total. The molecular formula is C11H18N2O. The molecule has 78 valence electrons. The lowest BCUT2D eigenvalue weighted by atomic mass is 10.2. The van der Waals surface area contributed by atoms with E-state index in [1.165, 1.54) is 0 Å². The summed E-state index contributed by atoms with van der Waals surface area (Å²) in [5, 5.41) is 0. The van der Waals surface area contributed by atoms with Crippen molar-refractivity contribution in [2.24, 2.45) is 0 Å². The summed E-state index contributed by atoms with van der Waals surface area (Å²) in [7, 11) is 0. The number of aromatic amines is 1. The Morgan fingerprint density at radius 1 is 1.36 bits per heavy atom. The van der Waals surface area contributed by atoms with Gasteiger partial charge in [0.25, 0.3) is 5.91 Å². The first-order chi connectivity index (χ1) is 6.79. The van der Waals surface area contributed by atoms with E-state index in [9.17, 15) is 4.79 Å². The number of aromatic nitrogens is 1. The minimum absolute atomic E-state index is 0.134. The van der Waals surface area contributed by atoms with Gasteiger partial charge in [-0.25, -0.2) is 0 Å². The van der Waals surface area contributed by atoms with E-state index in [4.69, 9.17) is 0 Å². The molecule has 1 rings (SSSR count). The van der Waals surface area contributed by atoms with Crippen molar-refractivity contribution in [3.8, 4) is 0 Å². The van der Waals surface area contributed by atoms with Crippen LogP contribution in [0.15, 0.2) is 18.5 Å². The van der Waals surface area contributed by atoms with Crippen LogP contribution in [0, 0.1) is 0 Å². The predicted octanol–water partition coefficient (Wildman–Crippen LogP) is 2.28. The van der Waals surface area contributed by atoms with Gasteiger partial charge in [-0.2, -0.15) is 0 Å². The molecule has 1 heterocycles. The molecule has 1 N–H and O–H groups in total. The van der Waals surface area contributed by atoms with Crippen LogP contribution in [0.25, 0.3) is 0 Å². The van der Waals surface area contributed by atoms with E-state index in [0.717, 1.165) is 31.5 Å². The highest BCUT2D eigenvalue weighted by molar-refractivity contribution is 5.93. The monoisotopic (exact) mass is 194 g/mol. The lowest BCUT2D eigenvalue weighted by Gasteiger charge is -2.20. The number of nitrogens with zero attached hydrogens (tertiary/aromatic N) is 1. The molecule has 1 aromatic rings. The summed E-state index contributed by atoms with van der Waals surface area (Å²) < 4.78 is 0. The van der Waals surface area contributed by atoms with E-state index < -0.39 is 0 Å². The van der Waals surface area contributed by atoms with E-state index in [1.54, 1.807) is 12.4 Å². The third-order valence-corrected chi connectivity index (χ3v) is 2.12. The Balaban J connectivity index is 2.63. The second-order valence-corrected chi connectivity index (χ2v) is 3.39. The summed E-state index contributed by atoms with van der Waals surface area (Å²) in [4.78, 5) is 16.7. The molecule has 3 heteroatoms. The van der Waals surface area contributed by atoms with Gasteiger partial charge in [-0.3, -0.25) is 4.79 Å². The number of nitrogens with one attached hydrogen (secondary N) is 1. The highest BCUT2D eigenvalue weighted by Crippen LogP contribution is 2.05. The predicted molar refractivity (Wildman–Crippen MR) is 57.3 cm³/mol. The maximum atomic E-state index is 11.9. The average molecular weight is 194 g/mol. The Morgan fingerprint density at radius 3 is 2.43 bits per heavy atom. The molecule has 0 spiro atoms. The van der Waals surface area contributed by atoms with E-state index in [-0.39, 0.29) is 5.91 Å². The fraction of sp³-hybridized carbons (Fsp3) is 0.545. The number of hydrogen-bond acceptors (Lipinski definition) is 1. The van der Waals surface area contributed by atoms with Gasteiger partial charge in [0, 0.05) is 25.5 Å². The second-order valence-electron chi connectivity index (χ2n) is 3.39. The fourth-order valence-corrected chi connectivity index (χ4v) is 1.49. The molecule has 0 fully saturated rings. The smallest absolute Gasteiger partial charge is 0.255 e. The summed E-state index contributed by atoms with van der Waals surface area (Å²) in [5.41, 5.74) is 0.756. The van der Waals surface area contributed by atoms with Crippen LogP contribution < -0.4 is 0 Å². The van der Waals surface area contributed by atoms with Crippen LogP contribution in [0.2, 0.25) is 0 Å². The largest absolute Gasteiger partial charge is 0.367 e. The maximum Gasteiger partial charge on any atom is 0.255 e. The van der Waals surface area contributed by atoms with Crippen molar-refractivity contribution in [1.29, 1.82) is 0 Å². The molecule has 0 aromatic carbocycles. The molecule has 1 aromatic heterocycles. The van der Waals surface area contributed by atoms with Crippen molar-refractivity contribution < 1.29 is 4.79 Å². The molecule has 0 unspecified atom stereocenters. The Kier molecular flexibility index (Phi) is 4.23. The van der Waals surface area contributed by atoms with Crippen LogP contribution in [0.4, 0.5) is 0 Å². The van der Waals surface area contributed by atoms with Crippen molar-refractivity contribution in [1.82, 2.24) is 9.88 Å². The van der Waals surface area contributed by atoms with Crippen molar-refractivity contribution in [2.75, 3.05) is 13.1 Å². The van der Waals surface area contributed by atoms with Crippen LogP contribution in [-0.4, -0.2) is 28.9 Å². The van der Waals surface area contributed by atoms with Crippen LogP contribution in [0.5, 0.6) is 0 Å². The number of amides is 1. The quantitative estimate of drug-likeness (QED) is 0.767. The molecule has 0 saturated heterocycles. The van der Waals surface area contributed by atoms with E-state index >= 15 is 0 Å². The molecule has 0 radical (unpaired) electrons. The minimum atomic E-state index is 0.134. The minimum Gasteiger partial charge on any atom is -0.367 e. The topological polar surface area (TPSA) is 36.1 Å². The van der Waals surface area contributed by atoms with Gasteiger partial charge in [-0.05, 0) is 18.9 Å². The van der Waals surface area contributed by atoms with Gasteiger partial charge in [0.1, 0.15) is 0 Å². The molecule has 14 heavy (non-hydrogen) atoms. The Labute approximate surface area is 85.1 Å². The van der Waals surface area contributed by atoms with Crippen molar-refractivity contribution in [2.45, 2.75) is 26.7 Å². The van der Waals surface area contributed by atoms with Gasteiger partial charge in [0.05, 0.1) is 5.56 Å². The average Bonchev–Trinajstić information content (AvgIpc) is 2.69. The van der Waals surface area contributed by atoms with Gasteiger partial charge in [-0.15, -0.1) is 0 Å². The van der Waals surface area contributed by atoms with Crippen molar-refractivity contribution in [3.05, 3.63) is 24.0 Å². The lowest BCUT2D eigenvalue weighted by Crippen LogP contribution is -2.32. The van der Waals surface area contributed by atoms with Gasteiger partial charge >= 0.3 is 0 Å². The highest BCUT2D eigenvalue weighted by Gasteiger charge is 2.13. The standard InChI is InChI=1S/C11H18N2O/c1-3-7-13(8-4-2)11(14)10-5-6-12-9-10/h5-6,9,12H,3-4,7-8H2,1-2H3. The van der Waals surface area contributed by atoms with Crippen LogP contribution >= 0.6 is 0 Å². The zero-order valence-corrected chi connectivity index (χ0v) is 8.92. The first-order valence-corrected chi connectivity index (χ1v) is 5.21. The molecule has 0 bridgehead atoms. The van der Waals surface area contributed by atoms with Gasteiger partial charge in [-0.1, -0.05) is 13.8 Å². The number of carbonyl (C=O) groups excluding carboxylic acids is 1. The first-order valence-electron chi connectivity index (χ1n) is 5.21. The first kappa shape index (κ1) is 10.8. The van der Waals surface area contributed by atoms with Crippen molar-refractivity contribution in [3.63, 3.8) is 0 Å². The van der Waals surface area contributed by atoms with E-state index in [1.807, 2.05) is 11.0 Å². The van der Waals surface area contributed by atoms with Crippen LogP contribution in [0.3, 0.4) is 0 Å². The number of H-pyrrole nitrogens is 1. The second kappa shape index (κ2) is 5.47. The SMILES string of the molecule is CCCN(CCC)C(=O)c1cc[nH]c1. The van der Waals surface area contributed by atoms with Gasteiger partial charge < -0.3 is 9.88 Å². The molecule has 0 saturated carbocycles. The van der Waals surface area contributed by atoms with Crippen LogP contribution in [0.1, 0.15) is 37.0 Å².